The highest BCUT2D eigenvalue weighted by Crippen LogP contribution is 2.25. The molecule has 3 rings (SSSR count). The zero-order valence-electron chi connectivity index (χ0n) is 17.6. The monoisotopic (exact) mass is 428 g/mol. The number of hydrogen-bond donors (Lipinski definition) is 2. The number of piperazine rings is 1. The van der Waals surface area contributed by atoms with Gasteiger partial charge < -0.3 is 10.6 Å². The van der Waals surface area contributed by atoms with Gasteiger partial charge >= 0.3 is 0 Å². The molecule has 8 heteroatoms. The van der Waals surface area contributed by atoms with Gasteiger partial charge in [0.2, 0.25) is 10.0 Å². The molecule has 0 atom stereocenters. The van der Waals surface area contributed by atoms with Crippen LogP contribution in [0.1, 0.15) is 42.3 Å². The highest BCUT2D eigenvalue weighted by molar-refractivity contribution is 7.89. The van der Waals surface area contributed by atoms with Crippen molar-refractivity contribution in [3.63, 3.8) is 0 Å². The molecule has 1 heterocycles. The minimum Gasteiger partial charge on any atom is -0.384 e. The summed E-state index contributed by atoms with van der Waals surface area (Å²) in [6, 6.07) is 13.6. The Morgan fingerprint density at radius 1 is 0.900 bits per heavy atom. The van der Waals surface area contributed by atoms with Crippen LogP contribution in [0.3, 0.4) is 0 Å². The molecule has 0 saturated carbocycles. The number of nitrogens with zero attached hydrogens (tertiary/aromatic N) is 2. The van der Waals surface area contributed by atoms with Crippen molar-refractivity contribution >= 4 is 21.8 Å². The van der Waals surface area contributed by atoms with E-state index in [9.17, 15) is 13.2 Å². The van der Waals surface area contributed by atoms with E-state index in [1.807, 2.05) is 12.1 Å². The number of amides is 1. The number of carbonyl (C=O) groups is 1. The third-order valence-corrected chi connectivity index (χ3v) is 7.24. The standard InChI is InChI=1S/C22H28N4O3S/c1-22(2,3)18-8-10-19(11-9-18)30(28,29)26-14-12-25(13-15-26)21(27)17-6-4-16(5-7-17)20(23)24/h4-11H,12-15H2,1-3H3,(H3,23,24). The topological polar surface area (TPSA) is 108 Å². The van der Waals surface area contributed by atoms with Crippen molar-refractivity contribution in [3.05, 3.63) is 65.2 Å². The van der Waals surface area contributed by atoms with Gasteiger partial charge in [0.05, 0.1) is 4.90 Å². The molecular weight excluding hydrogens is 400 g/mol. The van der Waals surface area contributed by atoms with Crippen LogP contribution in [0.2, 0.25) is 0 Å². The van der Waals surface area contributed by atoms with Gasteiger partial charge in [-0.3, -0.25) is 10.2 Å². The molecule has 2 aromatic carbocycles. The number of benzene rings is 2. The molecule has 7 nitrogen and oxygen atoms in total. The summed E-state index contributed by atoms with van der Waals surface area (Å²) in [5.74, 6) is -0.208. The van der Waals surface area contributed by atoms with Crippen molar-refractivity contribution in [3.8, 4) is 0 Å². The number of hydrogen-bond acceptors (Lipinski definition) is 4. The Morgan fingerprint density at radius 3 is 1.87 bits per heavy atom. The predicted octanol–water partition coefficient (Wildman–Crippen LogP) is 2.41. The van der Waals surface area contributed by atoms with Gasteiger partial charge in [0.25, 0.3) is 5.91 Å². The lowest BCUT2D eigenvalue weighted by atomic mass is 9.87. The Hall–Kier alpha value is -2.71. The summed E-state index contributed by atoms with van der Waals surface area (Å²) in [7, 11) is -3.60. The fourth-order valence-electron chi connectivity index (χ4n) is 3.38. The molecule has 0 aromatic heterocycles. The quantitative estimate of drug-likeness (QED) is 0.576. The maximum absolute atomic E-state index is 13.0. The van der Waals surface area contributed by atoms with Gasteiger partial charge in [-0.1, -0.05) is 45.0 Å². The second-order valence-corrected chi connectivity index (χ2v) is 10.4. The molecule has 1 amide bonds. The molecule has 0 bridgehead atoms. The Morgan fingerprint density at radius 2 is 1.40 bits per heavy atom. The Balaban J connectivity index is 1.66. The van der Waals surface area contributed by atoms with E-state index < -0.39 is 10.0 Å². The third kappa shape index (κ3) is 4.55. The molecule has 3 N–H and O–H groups in total. The molecule has 1 fully saturated rings. The predicted molar refractivity (Wildman–Crippen MR) is 117 cm³/mol. The van der Waals surface area contributed by atoms with Crippen LogP contribution in [-0.4, -0.2) is 55.5 Å². The number of carbonyl (C=O) groups excluding carboxylic acids is 1. The lowest BCUT2D eigenvalue weighted by Gasteiger charge is -2.34. The van der Waals surface area contributed by atoms with Crippen molar-refractivity contribution in [2.24, 2.45) is 5.73 Å². The Labute approximate surface area is 178 Å². The average molecular weight is 429 g/mol. The third-order valence-electron chi connectivity index (χ3n) is 5.33. The number of nitrogens with two attached hydrogens (primary N) is 1. The van der Waals surface area contributed by atoms with Crippen LogP contribution >= 0.6 is 0 Å². The lowest BCUT2D eigenvalue weighted by Crippen LogP contribution is -2.50. The van der Waals surface area contributed by atoms with Crippen molar-refractivity contribution in [1.29, 1.82) is 5.41 Å². The van der Waals surface area contributed by atoms with E-state index in [0.717, 1.165) is 5.56 Å². The minimum absolute atomic E-state index is 0.0447. The van der Waals surface area contributed by atoms with Crippen molar-refractivity contribution in [1.82, 2.24) is 9.21 Å². The van der Waals surface area contributed by atoms with E-state index in [1.165, 1.54) is 4.31 Å². The fourth-order valence-corrected chi connectivity index (χ4v) is 4.80. The molecular formula is C22H28N4O3S. The smallest absolute Gasteiger partial charge is 0.253 e. The molecule has 1 aliphatic heterocycles. The van der Waals surface area contributed by atoms with Crippen LogP contribution in [0.4, 0.5) is 0 Å². The number of nitrogens with one attached hydrogen (secondary N) is 1. The lowest BCUT2D eigenvalue weighted by molar-refractivity contribution is 0.0698. The van der Waals surface area contributed by atoms with E-state index in [4.69, 9.17) is 11.1 Å². The van der Waals surface area contributed by atoms with Crippen LogP contribution in [0.25, 0.3) is 0 Å². The van der Waals surface area contributed by atoms with Gasteiger partial charge in [-0.15, -0.1) is 0 Å². The summed E-state index contributed by atoms with van der Waals surface area (Å²) in [6.07, 6.45) is 0. The largest absolute Gasteiger partial charge is 0.384 e. The van der Waals surface area contributed by atoms with Crippen LogP contribution in [0.15, 0.2) is 53.4 Å². The molecule has 1 saturated heterocycles. The van der Waals surface area contributed by atoms with Crippen molar-refractivity contribution in [2.75, 3.05) is 26.2 Å². The fraction of sp³-hybridized carbons (Fsp3) is 0.364. The van der Waals surface area contributed by atoms with Gasteiger partial charge in [-0.25, -0.2) is 8.42 Å². The van der Waals surface area contributed by atoms with Gasteiger partial charge in [0.1, 0.15) is 5.84 Å². The summed E-state index contributed by atoms with van der Waals surface area (Å²) >= 11 is 0. The minimum atomic E-state index is -3.60. The first-order valence-corrected chi connectivity index (χ1v) is 11.3. The van der Waals surface area contributed by atoms with E-state index in [1.54, 1.807) is 41.3 Å². The maximum atomic E-state index is 13.0. The highest BCUT2D eigenvalue weighted by atomic mass is 32.2. The average Bonchev–Trinajstić information content (AvgIpc) is 2.73. The normalized spacial score (nSPS) is 15.8. The first-order valence-electron chi connectivity index (χ1n) is 9.84. The van der Waals surface area contributed by atoms with E-state index in [0.29, 0.717) is 24.2 Å². The van der Waals surface area contributed by atoms with Crippen LogP contribution in [0.5, 0.6) is 0 Å². The molecule has 2 aromatic rings. The zero-order valence-corrected chi connectivity index (χ0v) is 18.4. The van der Waals surface area contributed by atoms with Crippen molar-refractivity contribution in [2.45, 2.75) is 31.1 Å². The summed E-state index contributed by atoms with van der Waals surface area (Å²) in [6.45, 7) is 7.40. The second-order valence-electron chi connectivity index (χ2n) is 8.46. The number of sulfonamides is 1. The Kier molecular flexibility index (Phi) is 6.01. The molecule has 0 spiro atoms. The SMILES string of the molecule is CC(C)(C)c1ccc(S(=O)(=O)N2CCN(C(=O)c3ccc(C(=N)N)cc3)CC2)cc1. The summed E-state index contributed by atoms with van der Waals surface area (Å²) in [5.41, 5.74) is 7.52. The summed E-state index contributed by atoms with van der Waals surface area (Å²) in [4.78, 5) is 14.6. The van der Waals surface area contributed by atoms with E-state index in [-0.39, 0.29) is 35.1 Å². The molecule has 1 aliphatic rings. The second kappa shape index (κ2) is 8.20. The molecule has 0 radical (unpaired) electrons. The van der Waals surface area contributed by atoms with Crippen molar-refractivity contribution < 1.29 is 13.2 Å². The number of rotatable bonds is 4. The first kappa shape index (κ1) is 22.0. The van der Waals surface area contributed by atoms with Gasteiger partial charge in [0.15, 0.2) is 0 Å². The zero-order chi connectivity index (χ0) is 22.1. The van der Waals surface area contributed by atoms with Crippen LogP contribution in [0, 0.1) is 5.41 Å². The first-order chi connectivity index (χ1) is 14.0. The van der Waals surface area contributed by atoms with E-state index in [2.05, 4.69) is 20.8 Å². The molecule has 30 heavy (non-hydrogen) atoms. The number of nitrogen functional groups attached to an aromatic ring is 1. The molecule has 0 aliphatic carbocycles. The van der Waals surface area contributed by atoms with Gasteiger partial charge in [-0.2, -0.15) is 4.31 Å². The summed E-state index contributed by atoms with van der Waals surface area (Å²) < 4.78 is 27.4. The number of amidine groups is 1. The van der Waals surface area contributed by atoms with Gasteiger partial charge in [0, 0.05) is 37.3 Å². The van der Waals surface area contributed by atoms with E-state index >= 15 is 0 Å². The summed E-state index contributed by atoms with van der Waals surface area (Å²) in [5, 5.41) is 7.42. The van der Waals surface area contributed by atoms with Crippen LogP contribution in [-0.2, 0) is 15.4 Å². The maximum Gasteiger partial charge on any atom is 0.253 e. The highest BCUT2D eigenvalue weighted by Gasteiger charge is 2.30. The molecule has 0 unspecified atom stereocenters. The van der Waals surface area contributed by atoms with Gasteiger partial charge in [-0.05, 0) is 35.2 Å². The Bertz CT molecular complexity index is 1030. The molecule has 160 valence electrons. The van der Waals surface area contributed by atoms with Crippen LogP contribution < -0.4 is 5.73 Å².